The number of rotatable bonds is 3. The number of hydrazine groups is 1. The van der Waals surface area contributed by atoms with Gasteiger partial charge in [-0.15, -0.1) is 0 Å². The van der Waals surface area contributed by atoms with Gasteiger partial charge in [0, 0.05) is 19.5 Å². The first-order chi connectivity index (χ1) is 5.65. The van der Waals surface area contributed by atoms with Crippen molar-refractivity contribution in [3.63, 3.8) is 0 Å². The number of carboxylic acids is 1. The number of carboxylic acid groups (broad SMARTS) is 1. The Hall–Kier alpha value is -1.10. The lowest BCUT2D eigenvalue weighted by molar-refractivity contribution is -0.151. The van der Waals surface area contributed by atoms with Crippen molar-refractivity contribution in [2.45, 2.75) is 13.3 Å². The van der Waals surface area contributed by atoms with E-state index in [-0.39, 0.29) is 12.5 Å². The highest BCUT2D eigenvalue weighted by Crippen LogP contribution is 2.10. The smallest absolute Gasteiger partial charge is 0.324 e. The van der Waals surface area contributed by atoms with Crippen molar-refractivity contribution < 1.29 is 14.7 Å². The van der Waals surface area contributed by atoms with Crippen LogP contribution in [-0.2, 0) is 9.59 Å². The fourth-order valence-electron chi connectivity index (χ4n) is 1.28. The van der Waals surface area contributed by atoms with Crippen LogP contribution in [0.3, 0.4) is 0 Å². The number of nitrogens with zero attached hydrogens (tertiary/aromatic N) is 2. The SMILES string of the molecule is CCN1CCC(=O)N1CC(=O)O. The summed E-state index contributed by atoms with van der Waals surface area (Å²) in [5, 5.41) is 11.5. The van der Waals surface area contributed by atoms with Crippen LogP contribution in [0, 0.1) is 0 Å². The van der Waals surface area contributed by atoms with Crippen LogP contribution in [0.15, 0.2) is 0 Å². The lowest BCUT2D eigenvalue weighted by atomic mass is 10.4. The van der Waals surface area contributed by atoms with Gasteiger partial charge in [-0.3, -0.25) is 14.6 Å². The molecule has 1 fully saturated rings. The molecule has 5 heteroatoms. The van der Waals surface area contributed by atoms with Gasteiger partial charge in [-0.25, -0.2) is 5.01 Å². The van der Waals surface area contributed by atoms with Crippen LogP contribution < -0.4 is 0 Å². The van der Waals surface area contributed by atoms with Gasteiger partial charge in [0.2, 0.25) is 5.91 Å². The van der Waals surface area contributed by atoms with Crippen molar-refractivity contribution >= 4 is 11.9 Å². The molecule has 0 saturated carbocycles. The Morgan fingerprint density at radius 2 is 2.33 bits per heavy atom. The number of carbonyl (C=O) groups is 2. The average molecular weight is 172 g/mol. The lowest BCUT2D eigenvalue weighted by Gasteiger charge is -2.24. The van der Waals surface area contributed by atoms with Gasteiger partial charge < -0.3 is 5.11 Å². The Morgan fingerprint density at radius 3 is 2.83 bits per heavy atom. The van der Waals surface area contributed by atoms with Crippen LogP contribution >= 0.6 is 0 Å². The van der Waals surface area contributed by atoms with E-state index in [1.807, 2.05) is 6.92 Å². The Balaban J connectivity index is 2.57. The van der Waals surface area contributed by atoms with Gasteiger partial charge in [-0.05, 0) is 0 Å². The molecule has 1 aliphatic rings. The van der Waals surface area contributed by atoms with Crippen LogP contribution in [0.5, 0.6) is 0 Å². The van der Waals surface area contributed by atoms with Crippen molar-refractivity contribution in [3.05, 3.63) is 0 Å². The lowest BCUT2D eigenvalue weighted by Crippen LogP contribution is -2.42. The van der Waals surface area contributed by atoms with E-state index in [0.29, 0.717) is 19.5 Å². The summed E-state index contributed by atoms with van der Waals surface area (Å²) in [5.74, 6) is -1.07. The Labute approximate surface area is 70.5 Å². The normalized spacial score (nSPS) is 18.8. The summed E-state index contributed by atoms with van der Waals surface area (Å²) in [6.45, 7) is 3.00. The van der Waals surface area contributed by atoms with Gasteiger partial charge in [-0.2, -0.15) is 0 Å². The first-order valence-corrected chi connectivity index (χ1v) is 3.92. The monoisotopic (exact) mass is 172 g/mol. The Kier molecular flexibility index (Phi) is 2.65. The summed E-state index contributed by atoms with van der Waals surface area (Å²) >= 11 is 0. The molecule has 68 valence electrons. The fourth-order valence-corrected chi connectivity index (χ4v) is 1.28. The van der Waals surface area contributed by atoms with Crippen LogP contribution in [0.1, 0.15) is 13.3 Å². The summed E-state index contributed by atoms with van der Waals surface area (Å²) in [5.41, 5.74) is 0. The Bertz CT molecular complexity index is 205. The second kappa shape index (κ2) is 3.53. The van der Waals surface area contributed by atoms with E-state index in [1.54, 1.807) is 5.01 Å². The van der Waals surface area contributed by atoms with Gasteiger partial charge in [0.15, 0.2) is 0 Å². The van der Waals surface area contributed by atoms with E-state index in [1.165, 1.54) is 5.01 Å². The molecule has 1 aliphatic heterocycles. The van der Waals surface area contributed by atoms with E-state index in [2.05, 4.69) is 0 Å². The minimum atomic E-state index is -0.969. The summed E-state index contributed by atoms with van der Waals surface area (Å²) in [6, 6.07) is 0. The minimum Gasteiger partial charge on any atom is -0.480 e. The van der Waals surface area contributed by atoms with Crippen molar-refractivity contribution in [3.8, 4) is 0 Å². The topological polar surface area (TPSA) is 60.9 Å². The predicted octanol–water partition coefficient (Wildman–Crippen LogP) is -0.460. The van der Waals surface area contributed by atoms with Gasteiger partial charge >= 0.3 is 5.97 Å². The zero-order chi connectivity index (χ0) is 9.14. The van der Waals surface area contributed by atoms with E-state index >= 15 is 0 Å². The third-order valence-corrected chi connectivity index (χ3v) is 1.86. The fraction of sp³-hybridized carbons (Fsp3) is 0.714. The maximum atomic E-state index is 11.1. The molecule has 0 unspecified atom stereocenters. The molecule has 12 heavy (non-hydrogen) atoms. The first-order valence-electron chi connectivity index (χ1n) is 3.92. The van der Waals surface area contributed by atoms with Gasteiger partial charge in [0.05, 0.1) is 0 Å². The number of hydrogen-bond donors (Lipinski definition) is 1. The van der Waals surface area contributed by atoms with Gasteiger partial charge in [0.1, 0.15) is 6.54 Å². The van der Waals surface area contributed by atoms with E-state index in [4.69, 9.17) is 5.11 Å². The van der Waals surface area contributed by atoms with Crippen molar-refractivity contribution in [1.29, 1.82) is 0 Å². The van der Waals surface area contributed by atoms with Crippen LogP contribution in [-0.4, -0.2) is 46.6 Å². The summed E-state index contributed by atoms with van der Waals surface area (Å²) in [4.78, 5) is 21.4. The first kappa shape index (κ1) is 8.99. The summed E-state index contributed by atoms with van der Waals surface area (Å²) < 4.78 is 0. The molecular formula is C7H12N2O3. The highest BCUT2D eigenvalue weighted by Gasteiger charge is 2.28. The number of aliphatic carboxylic acids is 1. The molecule has 1 rings (SSSR count). The molecule has 0 aliphatic carbocycles. The summed E-state index contributed by atoms with van der Waals surface area (Å²) in [6.07, 6.45) is 0.432. The predicted molar refractivity (Wildman–Crippen MR) is 41.2 cm³/mol. The van der Waals surface area contributed by atoms with Crippen molar-refractivity contribution in [2.24, 2.45) is 0 Å². The minimum absolute atomic E-state index is 0.0979. The van der Waals surface area contributed by atoms with Gasteiger partial charge in [0.25, 0.3) is 0 Å². The van der Waals surface area contributed by atoms with Crippen LogP contribution in [0.2, 0.25) is 0 Å². The third-order valence-electron chi connectivity index (χ3n) is 1.86. The molecule has 0 aromatic rings. The molecule has 0 radical (unpaired) electrons. The maximum absolute atomic E-state index is 11.1. The number of carbonyl (C=O) groups excluding carboxylic acids is 1. The average Bonchev–Trinajstić information content (AvgIpc) is 2.32. The van der Waals surface area contributed by atoms with E-state index < -0.39 is 5.97 Å². The van der Waals surface area contributed by atoms with E-state index in [9.17, 15) is 9.59 Å². The van der Waals surface area contributed by atoms with Crippen LogP contribution in [0.25, 0.3) is 0 Å². The summed E-state index contributed by atoms with van der Waals surface area (Å²) in [7, 11) is 0. The highest BCUT2D eigenvalue weighted by atomic mass is 16.4. The second-order valence-corrected chi connectivity index (χ2v) is 2.64. The van der Waals surface area contributed by atoms with Gasteiger partial charge in [-0.1, -0.05) is 6.92 Å². The second-order valence-electron chi connectivity index (χ2n) is 2.64. The quantitative estimate of drug-likeness (QED) is 0.625. The maximum Gasteiger partial charge on any atom is 0.324 e. The van der Waals surface area contributed by atoms with Crippen molar-refractivity contribution in [1.82, 2.24) is 10.0 Å². The molecule has 0 spiro atoms. The highest BCUT2D eigenvalue weighted by molar-refractivity contribution is 5.82. The molecule has 0 aromatic carbocycles. The number of hydrogen-bond acceptors (Lipinski definition) is 3. The number of amides is 1. The zero-order valence-corrected chi connectivity index (χ0v) is 6.99. The van der Waals surface area contributed by atoms with Crippen molar-refractivity contribution in [2.75, 3.05) is 19.6 Å². The van der Waals surface area contributed by atoms with Crippen LogP contribution in [0.4, 0.5) is 0 Å². The zero-order valence-electron chi connectivity index (χ0n) is 6.99. The molecule has 1 N–H and O–H groups in total. The molecule has 0 bridgehead atoms. The molecule has 1 saturated heterocycles. The molecule has 0 aromatic heterocycles. The largest absolute Gasteiger partial charge is 0.480 e. The molecule has 1 heterocycles. The van der Waals surface area contributed by atoms with E-state index in [0.717, 1.165) is 0 Å². The molecule has 1 amide bonds. The Morgan fingerprint density at radius 1 is 1.67 bits per heavy atom. The molecule has 5 nitrogen and oxygen atoms in total. The molecule has 0 atom stereocenters. The third kappa shape index (κ3) is 1.73. The molecular weight excluding hydrogens is 160 g/mol. The standard InChI is InChI=1S/C7H12N2O3/c1-2-8-4-3-6(10)9(8)5-7(11)12/h2-5H2,1H3,(H,11,12).